The first-order chi connectivity index (χ1) is 14.6. The number of carbonyl (C=O) groups excluding carboxylic acids is 1. The Hall–Kier alpha value is -3.31. The fraction of sp³-hybridized carbons (Fsp3) is 0.120. The maximum absolute atomic E-state index is 12.4. The zero-order valence-electron chi connectivity index (χ0n) is 16.9. The molecular formula is C25H22N2O2S. The van der Waals surface area contributed by atoms with E-state index in [2.05, 4.69) is 24.2 Å². The first kappa shape index (κ1) is 20.0. The molecule has 0 radical (unpaired) electrons. The van der Waals surface area contributed by atoms with E-state index < -0.39 is 0 Å². The van der Waals surface area contributed by atoms with Gasteiger partial charge in [-0.1, -0.05) is 48.5 Å². The van der Waals surface area contributed by atoms with Crippen molar-refractivity contribution in [3.63, 3.8) is 0 Å². The van der Waals surface area contributed by atoms with E-state index in [1.807, 2.05) is 78.9 Å². The van der Waals surface area contributed by atoms with E-state index >= 15 is 0 Å². The fourth-order valence-corrected chi connectivity index (χ4v) is 3.82. The fourth-order valence-electron chi connectivity index (χ4n) is 2.98. The SMILES string of the molecule is Cc1ccc(N=C2NC(=O)/C(=C/c3cccc(OCc4ccccc4)c3)S2)cc1C. The highest BCUT2D eigenvalue weighted by Gasteiger charge is 2.23. The van der Waals surface area contributed by atoms with Gasteiger partial charge in [-0.05, 0) is 78.2 Å². The van der Waals surface area contributed by atoms with Crippen molar-refractivity contribution in [3.8, 4) is 5.75 Å². The van der Waals surface area contributed by atoms with Crippen molar-refractivity contribution < 1.29 is 9.53 Å². The van der Waals surface area contributed by atoms with Crippen LogP contribution in [0, 0.1) is 13.8 Å². The van der Waals surface area contributed by atoms with Crippen LogP contribution in [0.1, 0.15) is 22.3 Å². The Kier molecular flexibility index (Phi) is 6.00. The van der Waals surface area contributed by atoms with Crippen molar-refractivity contribution in [1.29, 1.82) is 0 Å². The number of hydrogen-bond acceptors (Lipinski definition) is 4. The highest BCUT2D eigenvalue weighted by Crippen LogP contribution is 2.29. The summed E-state index contributed by atoms with van der Waals surface area (Å²) >= 11 is 1.34. The Balaban J connectivity index is 1.47. The molecule has 0 spiro atoms. The van der Waals surface area contributed by atoms with Crippen LogP contribution in [-0.2, 0) is 11.4 Å². The quantitative estimate of drug-likeness (QED) is 0.539. The molecule has 4 rings (SSSR count). The lowest BCUT2D eigenvalue weighted by Gasteiger charge is -2.07. The third kappa shape index (κ3) is 4.99. The summed E-state index contributed by atoms with van der Waals surface area (Å²) in [6, 6.07) is 23.8. The molecule has 0 aromatic heterocycles. The second-order valence-electron chi connectivity index (χ2n) is 7.10. The summed E-state index contributed by atoms with van der Waals surface area (Å²) in [6.07, 6.45) is 1.86. The summed E-state index contributed by atoms with van der Waals surface area (Å²) in [5, 5.41) is 3.43. The van der Waals surface area contributed by atoms with Gasteiger partial charge in [0, 0.05) is 0 Å². The normalized spacial score (nSPS) is 16.1. The van der Waals surface area contributed by atoms with Crippen molar-refractivity contribution in [2.75, 3.05) is 0 Å². The Morgan fingerprint density at radius 3 is 2.60 bits per heavy atom. The molecule has 30 heavy (non-hydrogen) atoms. The van der Waals surface area contributed by atoms with E-state index in [0.29, 0.717) is 16.7 Å². The molecule has 1 aliphatic rings. The number of rotatable bonds is 5. The van der Waals surface area contributed by atoms with Gasteiger partial charge in [0.1, 0.15) is 12.4 Å². The molecule has 0 unspecified atom stereocenters. The molecule has 1 amide bonds. The molecule has 5 heteroatoms. The van der Waals surface area contributed by atoms with E-state index in [9.17, 15) is 4.79 Å². The molecule has 1 aliphatic heterocycles. The maximum Gasteiger partial charge on any atom is 0.264 e. The maximum atomic E-state index is 12.4. The monoisotopic (exact) mass is 414 g/mol. The molecule has 3 aromatic carbocycles. The van der Waals surface area contributed by atoms with Gasteiger partial charge in [-0.2, -0.15) is 0 Å². The van der Waals surface area contributed by atoms with Crippen molar-refractivity contribution in [2.45, 2.75) is 20.5 Å². The van der Waals surface area contributed by atoms with Crippen molar-refractivity contribution in [1.82, 2.24) is 5.32 Å². The molecular weight excluding hydrogens is 392 g/mol. The summed E-state index contributed by atoms with van der Waals surface area (Å²) in [7, 11) is 0. The minimum atomic E-state index is -0.141. The van der Waals surface area contributed by atoms with E-state index in [4.69, 9.17) is 4.74 Å². The van der Waals surface area contributed by atoms with Gasteiger partial charge in [-0.15, -0.1) is 0 Å². The Morgan fingerprint density at radius 1 is 0.967 bits per heavy atom. The molecule has 0 saturated carbocycles. The van der Waals surface area contributed by atoms with Gasteiger partial charge in [0.25, 0.3) is 5.91 Å². The zero-order chi connectivity index (χ0) is 20.9. The second-order valence-corrected chi connectivity index (χ2v) is 8.13. The van der Waals surface area contributed by atoms with E-state index in [0.717, 1.165) is 22.6 Å². The van der Waals surface area contributed by atoms with Crippen molar-refractivity contribution >= 4 is 34.6 Å². The van der Waals surface area contributed by atoms with Crippen LogP contribution >= 0.6 is 11.8 Å². The predicted molar refractivity (Wildman–Crippen MR) is 124 cm³/mol. The van der Waals surface area contributed by atoms with Crippen molar-refractivity contribution in [3.05, 3.63) is 100.0 Å². The molecule has 0 bridgehead atoms. The smallest absolute Gasteiger partial charge is 0.264 e. The topological polar surface area (TPSA) is 50.7 Å². The number of carbonyl (C=O) groups is 1. The van der Waals surface area contributed by atoms with E-state index in [1.165, 1.54) is 22.9 Å². The predicted octanol–water partition coefficient (Wildman–Crippen LogP) is 5.77. The van der Waals surface area contributed by atoms with Gasteiger partial charge in [0.2, 0.25) is 0 Å². The van der Waals surface area contributed by atoms with Gasteiger partial charge >= 0.3 is 0 Å². The average Bonchev–Trinajstić information content (AvgIpc) is 3.09. The van der Waals surface area contributed by atoms with Gasteiger partial charge < -0.3 is 10.1 Å². The summed E-state index contributed by atoms with van der Waals surface area (Å²) < 4.78 is 5.88. The minimum Gasteiger partial charge on any atom is -0.489 e. The number of hydrogen-bond donors (Lipinski definition) is 1. The van der Waals surface area contributed by atoms with Crippen LogP contribution in [0.3, 0.4) is 0 Å². The number of aliphatic imine (C=N–C) groups is 1. The van der Waals surface area contributed by atoms with Crippen LogP contribution in [0.15, 0.2) is 82.7 Å². The standard InChI is InChI=1S/C25H22N2O2S/c1-17-11-12-21(13-18(17)2)26-25-27-24(28)23(30-25)15-20-9-6-10-22(14-20)29-16-19-7-4-3-5-8-19/h3-15H,16H2,1-2H3,(H,26,27,28)/b23-15-. The minimum absolute atomic E-state index is 0.141. The van der Waals surface area contributed by atoms with Crippen LogP contribution in [-0.4, -0.2) is 11.1 Å². The zero-order valence-corrected chi connectivity index (χ0v) is 17.7. The molecule has 0 atom stereocenters. The Labute approximate surface area is 180 Å². The van der Waals surface area contributed by atoms with Crippen LogP contribution in [0.25, 0.3) is 6.08 Å². The largest absolute Gasteiger partial charge is 0.489 e. The van der Waals surface area contributed by atoms with Gasteiger partial charge in [-0.3, -0.25) is 4.79 Å². The van der Waals surface area contributed by atoms with Gasteiger partial charge in [-0.25, -0.2) is 4.99 Å². The number of ether oxygens (including phenoxy) is 1. The molecule has 3 aromatic rings. The van der Waals surface area contributed by atoms with Crippen LogP contribution in [0.4, 0.5) is 5.69 Å². The summed E-state index contributed by atoms with van der Waals surface area (Å²) in [4.78, 5) is 17.6. The number of amidine groups is 1. The van der Waals surface area contributed by atoms with E-state index in [-0.39, 0.29) is 5.91 Å². The molecule has 1 heterocycles. The van der Waals surface area contributed by atoms with Crippen LogP contribution < -0.4 is 10.1 Å². The molecule has 1 fully saturated rings. The summed E-state index contributed by atoms with van der Waals surface area (Å²) in [5.41, 5.74) is 5.24. The number of nitrogens with zero attached hydrogens (tertiary/aromatic N) is 1. The van der Waals surface area contributed by atoms with Gasteiger partial charge in [0.15, 0.2) is 5.17 Å². The average molecular weight is 415 g/mol. The van der Waals surface area contributed by atoms with E-state index in [1.54, 1.807) is 0 Å². The number of thioether (sulfide) groups is 1. The van der Waals surface area contributed by atoms with Crippen LogP contribution in [0.2, 0.25) is 0 Å². The molecule has 0 aliphatic carbocycles. The lowest BCUT2D eigenvalue weighted by atomic mass is 10.1. The second kappa shape index (κ2) is 9.01. The molecule has 150 valence electrons. The van der Waals surface area contributed by atoms with Crippen LogP contribution in [0.5, 0.6) is 5.75 Å². The van der Waals surface area contributed by atoms with Crippen molar-refractivity contribution in [2.24, 2.45) is 4.99 Å². The summed E-state index contributed by atoms with van der Waals surface area (Å²) in [5.74, 6) is 0.624. The first-order valence-electron chi connectivity index (χ1n) is 9.70. The highest BCUT2D eigenvalue weighted by molar-refractivity contribution is 8.18. The molecule has 4 nitrogen and oxygen atoms in total. The third-order valence-electron chi connectivity index (χ3n) is 4.78. The number of nitrogens with one attached hydrogen (secondary N) is 1. The molecule has 1 saturated heterocycles. The Bertz CT molecular complexity index is 1140. The number of aryl methyl sites for hydroxylation is 2. The third-order valence-corrected chi connectivity index (χ3v) is 5.69. The molecule has 1 N–H and O–H groups in total. The lowest BCUT2D eigenvalue weighted by Crippen LogP contribution is -2.19. The Morgan fingerprint density at radius 2 is 1.80 bits per heavy atom. The number of benzene rings is 3. The van der Waals surface area contributed by atoms with Gasteiger partial charge in [0.05, 0.1) is 10.6 Å². The lowest BCUT2D eigenvalue weighted by molar-refractivity contribution is -0.115. The summed E-state index contributed by atoms with van der Waals surface area (Å²) in [6.45, 7) is 4.62. The first-order valence-corrected chi connectivity index (χ1v) is 10.5. The highest BCUT2D eigenvalue weighted by atomic mass is 32.2. The number of amides is 1.